The van der Waals surface area contributed by atoms with Crippen molar-refractivity contribution >= 4 is 32.4 Å². The molecule has 0 aliphatic heterocycles. The minimum absolute atomic E-state index is 0.567. The van der Waals surface area contributed by atoms with E-state index < -0.39 is 5.41 Å². The van der Waals surface area contributed by atoms with Crippen molar-refractivity contribution in [1.29, 1.82) is 0 Å². The second kappa shape index (κ2) is 17.0. The lowest BCUT2D eigenvalue weighted by Crippen LogP contribution is -2.28. The van der Waals surface area contributed by atoms with E-state index in [0.29, 0.717) is 0 Å². The van der Waals surface area contributed by atoms with Crippen molar-refractivity contribution in [2.45, 2.75) is 5.41 Å². The molecule has 0 bridgehead atoms. The summed E-state index contributed by atoms with van der Waals surface area (Å²) < 4.78 is 2.43. The molecule has 1 heterocycles. The Bertz CT molecular complexity index is 4110. The first-order valence-corrected chi connectivity index (χ1v) is 25.0. The molecule has 72 heavy (non-hydrogen) atoms. The maximum Gasteiger partial charge on any atom is 0.0714 e. The molecule has 1 nitrogen and oxygen atoms in total. The Morgan fingerprint density at radius 1 is 0.250 bits per heavy atom. The van der Waals surface area contributed by atoms with E-state index in [2.05, 4.69) is 290 Å². The van der Waals surface area contributed by atoms with Crippen LogP contribution < -0.4 is 0 Å². The molecule has 0 unspecified atom stereocenters. The number of benzene rings is 12. The van der Waals surface area contributed by atoms with Gasteiger partial charge in [0.15, 0.2) is 0 Å². The molecule has 0 amide bonds. The van der Waals surface area contributed by atoms with Crippen LogP contribution in [-0.4, -0.2) is 4.57 Å². The average molecular weight is 914 g/mol. The fourth-order valence-electron chi connectivity index (χ4n) is 11.9. The molecule has 12 aromatic carbocycles. The zero-order chi connectivity index (χ0) is 47.6. The number of hydrogen-bond donors (Lipinski definition) is 0. The van der Waals surface area contributed by atoms with Gasteiger partial charge in [0.2, 0.25) is 0 Å². The van der Waals surface area contributed by atoms with Gasteiger partial charge in [-0.25, -0.2) is 0 Å². The van der Waals surface area contributed by atoms with Crippen LogP contribution in [0.25, 0.3) is 105 Å². The van der Waals surface area contributed by atoms with Crippen LogP contribution >= 0.6 is 0 Å². The van der Waals surface area contributed by atoms with Crippen molar-refractivity contribution in [2.75, 3.05) is 0 Å². The van der Waals surface area contributed by atoms with Gasteiger partial charge >= 0.3 is 0 Å². The Kier molecular flexibility index (Phi) is 9.82. The van der Waals surface area contributed by atoms with Gasteiger partial charge < -0.3 is 4.57 Å². The highest BCUT2D eigenvalue weighted by Gasteiger charge is 2.46. The van der Waals surface area contributed by atoms with Gasteiger partial charge in [-0.3, -0.25) is 0 Å². The molecule has 0 saturated heterocycles. The Hall–Kier alpha value is -9.30. The van der Waals surface area contributed by atoms with E-state index in [-0.39, 0.29) is 0 Å². The van der Waals surface area contributed by atoms with E-state index in [9.17, 15) is 0 Å². The van der Waals surface area contributed by atoms with Gasteiger partial charge in [-0.2, -0.15) is 0 Å². The van der Waals surface area contributed by atoms with Gasteiger partial charge in [-0.05, 0) is 135 Å². The molecule has 0 N–H and O–H groups in total. The monoisotopic (exact) mass is 913 g/mol. The van der Waals surface area contributed by atoms with Gasteiger partial charge in [0.1, 0.15) is 0 Å². The topological polar surface area (TPSA) is 4.93 Å². The molecule has 0 radical (unpaired) electrons. The zero-order valence-electron chi connectivity index (χ0n) is 39.6. The van der Waals surface area contributed by atoms with E-state index in [4.69, 9.17) is 0 Å². The third kappa shape index (κ3) is 6.70. The van der Waals surface area contributed by atoms with Crippen LogP contribution in [0.2, 0.25) is 0 Å². The van der Waals surface area contributed by atoms with Crippen molar-refractivity contribution in [1.82, 2.24) is 4.57 Å². The summed E-state index contributed by atoms with van der Waals surface area (Å²) in [7, 11) is 0. The van der Waals surface area contributed by atoms with Gasteiger partial charge in [0, 0.05) is 22.8 Å². The molecular weight excluding hydrogens is 867 g/mol. The maximum absolute atomic E-state index is 2.48. The molecule has 0 fully saturated rings. The number of aromatic nitrogens is 1. The lowest BCUT2D eigenvalue weighted by molar-refractivity contribution is 0.767. The van der Waals surface area contributed by atoms with Crippen molar-refractivity contribution in [3.05, 3.63) is 308 Å². The fraction of sp³-hybridized carbons (Fsp3) is 0.0141. The summed E-state index contributed by atoms with van der Waals surface area (Å²) >= 11 is 0. The summed E-state index contributed by atoms with van der Waals surface area (Å²) in [6.45, 7) is 0. The summed E-state index contributed by atoms with van der Waals surface area (Å²) in [5.41, 5.74) is 21.4. The third-order valence-corrected chi connectivity index (χ3v) is 15.3. The lowest BCUT2D eigenvalue weighted by atomic mass is 9.67. The normalized spacial score (nSPS) is 12.6. The number of nitrogens with zero attached hydrogens (tertiary/aromatic N) is 1. The molecule has 1 aliphatic carbocycles. The predicted molar refractivity (Wildman–Crippen MR) is 303 cm³/mol. The van der Waals surface area contributed by atoms with Crippen LogP contribution in [-0.2, 0) is 5.41 Å². The van der Waals surface area contributed by atoms with Gasteiger partial charge in [0.05, 0.1) is 10.9 Å². The lowest BCUT2D eigenvalue weighted by Gasteiger charge is -2.34. The summed E-state index contributed by atoms with van der Waals surface area (Å²) in [5.74, 6) is 0. The van der Waals surface area contributed by atoms with Gasteiger partial charge in [-0.1, -0.05) is 249 Å². The molecule has 14 rings (SSSR count). The molecule has 1 aromatic heterocycles. The van der Waals surface area contributed by atoms with Gasteiger partial charge in [-0.15, -0.1) is 0 Å². The van der Waals surface area contributed by atoms with E-state index in [1.54, 1.807) is 0 Å². The van der Waals surface area contributed by atoms with Crippen molar-refractivity contribution < 1.29 is 0 Å². The first kappa shape index (κ1) is 41.7. The Balaban J connectivity index is 0.950. The zero-order valence-corrected chi connectivity index (χ0v) is 39.6. The quantitative estimate of drug-likeness (QED) is 0.143. The van der Waals surface area contributed by atoms with Crippen LogP contribution in [0.15, 0.2) is 285 Å². The van der Waals surface area contributed by atoms with Gasteiger partial charge in [0.25, 0.3) is 0 Å². The standard InChI is InChI=1S/C71H47N/c1-4-16-48(17-5-1)56-38-41-64-65-42-40-59(46-69(65)71(68(64)45-56,57-22-6-2-7-23-57)58-24-8-3-9-25-58)72-47-67(54-36-34-53(35-37-54)63-29-15-21-51-19-11-13-27-61(51)63)66-44-55(39-43-70(66)72)49-30-32-52(33-31-49)62-28-14-20-50-18-10-12-26-60(50)62/h1-47H. The largest absolute Gasteiger partial charge is 0.316 e. The third-order valence-electron chi connectivity index (χ3n) is 15.3. The second-order valence-corrected chi connectivity index (χ2v) is 19.2. The Morgan fingerprint density at radius 2 is 0.681 bits per heavy atom. The summed E-state index contributed by atoms with van der Waals surface area (Å²) in [5, 5.41) is 6.23. The van der Waals surface area contributed by atoms with Crippen molar-refractivity contribution in [2.24, 2.45) is 0 Å². The minimum atomic E-state index is -0.567. The predicted octanol–water partition coefficient (Wildman–Crippen LogP) is 18.6. The van der Waals surface area contributed by atoms with Crippen molar-refractivity contribution in [3.8, 4) is 72.4 Å². The van der Waals surface area contributed by atoms with Crippen molar-refractivity contribution in [3.63, 3.8) is 0 Å². The van der Waals surface area contributed by atoms with Crippen LogP contribution in [0.4, 0.5) is 0 Å². The van der Waals surface area contributed by atoms with Crippen LogP contribution in [0.1, 0.15) is 22.3 Å². The first-order chi connectivity index (χ1) is 35.7. The second-order valence-electron chi connectivity index (χ2n) is 19.2. The van der Waals surface area contributed by atoms with E-state index in [0.717, 1.165) is 11.2 Å². The van der Waals surface area contributed by atoms with E-state index >= 15 is 0 Å². The highest BCUT2D eigenvalue weighted by molar-refractivity contribution is 6.02. The van der Waals surface area contributed by atoms with Crippen LogP contribution in [0.3, 0.4) is 0 Å². The number of hydrogen-bond acceptors (Lipinski definition) is 0. The molecule has 0 spiro atoms. The molecule has 1 aliphatic rings. The molecule has 0 atom stereocenters. The highest BCUT2D eigenvalue weighted by Crippen LogP contribution is 2.57. The molecule has 13 aromatic rings. The Morgan fingerprint density at radius 3 is 1.28 bits per heavy atom. The average Bonchev–Trinajstić information content (AvgIpc) is 3.99. The number of fused-ring (bicyclic) bond motifs is 6. The fourth-order valence-corrected chi connectivity index (χ4v) is 11.9. The maximum atomic E-state index is 2.48. The number of rotatable bonds is 8. The highest BCUT2D eigenvalue weighted by atomic mass is 15.0. The Labute approximate surface area is 420 Å². The molecular formula is C71H47N. The van der Waals surface area contributed by atoms with Crippen LogP contribution in [0, 0.1) is 0 Å². The first-order valence-electron chi connectivity index (χ1n) is 25.0. The summed E-state index contributed by atoms with van der Waals surface area (Å²) in [6.07, 6.45) is 2.37. The summed E-state index contributed by atoms with van der Waals surface area (Å²) in [4.78, 5) is 0. The molecule has 1 heteroatoms. The molecule has 0 saturated carbocycles. The summed E-state index contributed by atoms with van der Waals surface area (Å²) in [6, 6.07) is 103. The smallest absolute Gasteiger partial charge is 0.0714 e. The molecule has 336 valence electrons. The minimum Gasteiger partial charge on any atom is -0.316 e. The van der Waals surface area contributed by atoms with E-state index in [1.807, 2.05) is 0 Å². The SMILES string of the molecule is c1ccc(-c2ccc3c(c2)C(c2ccccc2)(c2ccccc2)c2cc(-n4cc(-c5ccc(-c6cccc7ccccc67)cc5)c5cc(-c6ccc(-c7cccc8ccccc78)cc6)ccc54)ccc2-3)cc1. The van der Waals surface area contributed by atoms with Crippen LogP contribution in [0.5, 0.6) is 0 Å². The van der Waals surface area contributed by atoms with E-state index in [1.165, 1.54) is 116 Å².